The van der Waals surface area contributed by atoms with E-state index in [2.05, 4.69) is 5.10 Å². The van der Waals surface area contributed by atoms with E-state index < -0.39 is 5.91 Å². The van der Waals surface area contributed by atoms with Crippen LogP contribution in [0.15, 0.2) is 6.20 Å². The van der Waals surface area contributed by atoms with Gasteiger partial charge in [0.05, 0.1) is 5.69 Å². The summed E-state index contributed by atoms with van der Waals surface area (Å²) in [6.07, 6.45) is 5.46. The minimum absolute atomic E-state index is 0.185. The highest BCUT2D eigenvalue weighted by atomic mass is 16.1. The number of aromatic nitrogens is 2. The van der Waals surface area contributed by atoms with Crippen LogP contribution in [0.3, 0.4) is 0 Å². The van der Waals surface area contributed by atoms with Gasteiger partial charge in [0.1, 0.15) is 0 Å². The van der Waals surface area contributed by atoms with Gasteiger partial charge in [0.2, 0.25) is 0 Å². The Kier molecular flexibility index (Phi) is 2.15. The summed E-state index contributed by atoms with van der Waals surface area (Å²) in [6.45, 7) is 0.845. The zero-order valence-electron chi connectivity index (χ0n) is 7.94. The van der Waals surface area contributed by atoms with Crippen LogP contribution in [0.4, 0.5) is 5.69 Å². The average molecular weight is 194 g/mol. The zero-order chi connectivity index (χ0) is 10.1. The van der Waals surface area contributed by atoms with Crippen LogP contribution in [-0.2, 0) is 6.54 Å². The van der Waals surface area contributed by atoms with Crippen molar-refractivity contribution in [2.24, 2.45) is 11.7 Å². The topological polar surface area (TPSA) is 86.9 Å². The first kappa shape index (κ1) is 9.05. The van der Waals surface area contributed by atoms with Crippen molar-refractivity contribution in [3.8, 4) is 0 Å². The number of nitrogens with zero attached hydrogens (tertiary/aromatic N) is 2. The van der Waals surface area contributed by atoms with Crippen molar-refractivity contribution in [3.05, 3.63) is 11.9 Å². The molecule has 0 bridgehead atoms. The van der Waals surface area contributed by atoms with E-state index in [1.807, 2.05) is 0 Å². The Balaban J connectivity index is 2.10. The molecule has 1 amide bonds. The van der Waals surface area contributed by atoms with Gasteiger partial charge in [0, 0.05) is 12.7 Å². The molecule has 1 heterocycles. The van der Waals surface area contributed by atoms with E-state index in [0.717, 1.165) is 6.54 Å². The van der Waals surface area contributed by atoms with Crippen molar-refractivity contribution < 1.29 is 4.79 Å². The minimum Gasteiger partial charge on any atom is -0.396 e. The Morgan fingerprint density at radius 3 is 2.79 bits per heavy atom. The molecule has 1 fully saturated rings. The van der Waals surface area contributed by atoms with Crippen LogP contribution < -0.4 is 11.5 Å². The standard InChI is InChI=1S/C9H14N4O/c10-7-5-13(4-6-2-1-3-6)12-8(7)9(11)14/h5-6H,1-4,10H2,(H2,11,14). The normalized spacial score (nSPS) is 16.6. The maximum atomic E-state index is 10.9. The Morgan fingerprint density at radius 1 is 1.64 bits per heavy atom. The van der Waals surface area contributed by atoms with E-state index >= 15 is 0 Å². The molecule has 0 radical (unpaired) electrons. The fourth-order valence-corrected chi connectivity index (χ4v) is 1.66. The third-order valence-corrected chi connectivity index (χ3v) is 2.69. The second-order valence-electron chi connectivity index (χ2n) is 3.82. The molecule has 0 atom stereocenters. The summed E-state index contributed by atoms with van der Waals surface area (Å²) in [6, 6.07) is 0. The molecule has 14 heavy (non-hydrogen) atoms. The summed E-state index contributed by atoms with van der Waals surface area (Å²) in [7, 11) is 0. The predicted octanol–water partition coefficient (Wildman–Crippen LogP) is 0.364. The number of nitrogen functional groups attached to an aromatic ring is 1. The molecule has 0 aromatic carbocycles. The molecule has 1 aliphatic rings. The van der Waals surface area contributed by atoms with Gasteiger partial charge in [-0.05, 0) is 18.8 Å². The van der Waals surface area contributed by atoms with Crippen LogP contribution in [0.2, 0.25) is 0 Å². The first-order valence-corrected chi connectivity index (χ1v) is 4.79. The molecular weight excluding hydrogens is 180 g/mol. The van der Waals surface area contributed by atoms with Crippen LogP contribution in [-0.4, -0.2) is 15.7 Å². The van der Waals surface area contributed by atoms with Crippen molar-refractivity contribution >= 4 is 11.6 Å². The predicted molar refractivity (Wildman–Crippen MR) is 52.5 cm³/mol. The van der Waals surface area contributed by atoms with Crippen LogP contribution in [0.1, 0.15) is 29.8 Å². The summed E-state index contributed by atoms with van der Waals surface area (Å²) in [5.74, 6) is 0.130. The van der Waals surface area contributed by atoms with Crippen molar-refractivity contribution in [1.82, 2.24) is 9.78 Å². The van der Waals surface area contributed by atoms with E-state index in [1.54, 1.807) is 10.9 Å². The smallest absolute Gasteiger partial charge is 0.271 e. The largest absolute Gasteiger partial charge is 0.396 e. The monoisotopic (exact) mass is 194 g/mol. The molecule has 1 saturated carbocycles. The van der Waals surface area contributed by atoms with Crippen molar-refractivity contribution in [1.29, 1.82) is 0 Å². The molecule has 0 unspecified atom stereocenters. The third-order valence-electron chi connectivity index (χ3n) is 2.69. The van der Waals surface area contributed by atoms with Crippen molar-refractivity contribution in [2.75, 3.05) is 5.73 Å². The molecule has 5 heteroatoms. The average Bonchev–Trinajstić information content (AvgIpc) is 2.39. The molecule has 4 N–H and O–H groups in total. The van der Waals surface area contributed by atoms with Crippen LogP contribution in [0, 0.1) is 5.92 Å². The second kappa shape index (κ2) is 3.32. The van der Waals surface area contributed by atoms with Crippen LogP contribution in [0.25, 0.3) is 0 Å². The number of nitrogens with two attached hydrogens (primary N) is 2. The van der Waals surface area contributed by atoms with E-state index in [4.69, 9.17) is 11.5 Å². The van der Waals surface area contributed by atoms with Gasteiger partial charge in [-0.15, -0.1) is 0 Å². The minimum atomic E-state index is -0.560. The van der Waals surface area contributed by atoms with Gasteiger partial charge in [-0.2, -0.15) is 5.10 Å². The summed E-state index contributed by atoms with van der Waals surface area (Å²) < 4.78 is 1.72. The van der Waals surface area contributed by atoms with Gasteiger partial charge in [-0.3, -0.25) is 9.48 Å². The van der Waals surface area contributed by atoms with Crippen molar-refractivity contribution in [3.63, 3.8) is 0 Å². The molecule has 1 aliphatic carbocycles. The molecule has 1 aromatic rings. The SMILES string of the molecule is NC(=O)c1nn(CC2CCC2)cc1N. The molecule has 0 saturated heterocycles. The molecule has 0 aliphatic heterocycles. The highest BCUT2D eigenvalue weighted by molar-refractivity contribution is 5.95. The first-order valence-electron chi connectivity index (χ1n) is 4.79. The lowest BCUT2D eigenvalue weighted by atomic mass is 9.85. The van der Waals surface area contributed by atoms with E-state index in [9.17, 15) is 4.79 Å². The number of amides is 1. The van der Waals surface area contributed by atoms with E-state index in [0.29, 0.717) is 11.6 Å². The second-order valence-corrected chi connectivity index (χ2v) is 3.82. The Morgan fingerprint density at radius 2 is 2.36 bits per heavy atom. The number of rotatable bonds is 3. The Bertz CT molecular complexity index is 354. The first-order chi connectivity index (χ1) is 6.66. The fraction of sp³-hybridized carbons (Fsp3) is 0.556. The van der Waals surface area contributed by atoms with Gasteiger partial charge < -0.3 is 11.5 Å². The molecule has 2 rings (SSSR count). The quantitative estimate of drug-likeness (QED) is 0.728. The molecular formula is C9H14N4O. The van der Waals surface area contributed by atoms with Gasteiger partial charge in [-0.25, -0.2) is 0 Å². The van der Waals surface area contributed by atoms with Crippen molar-refractivity contribution in [2.45, 2.75) is 25.8 Å². The number of primary amides is 1. The maximum Gasteiger partial charge on any atom is 0.271 e. The lowest BCUT2D eigenvalue weighted by Crippen LogP contribution is -2.19. The summed E-state index contributed by atoms with van der Waals surface area (Å²) in [5.41, 5.74) is 11.3. The zero-order valence-corrected chi connectivity index (χ0v) is 7.94. The summed E-state index contributed by atoms with van der Waals surface area (Å²) in [4.78, 5) is 10.9. The van der Waals surface area contributed by atoms with Gasteiger partial charge in [0.15, 0.2) is 5.69 Å². The highest BCUT2D eigenvalue weighted by Gasteiger charge is 2.19. The van der Waals surface area contributed by atoms with Gasteiger partial charge in [0.25, 0.3) is 5.91 Å². The van der Waals surface area contributed by atoms with Crippen LogP contribution >= 0.6 is 0 Å². The highest BCUT2D eigenvalue weighted by Crippen LogP contribution is 2.27. The summed E-state index contributed by atoms with van der Waals surface area (Å²) >= 11 is 0. The lowest BCUT2D eigenvalue weighted by Gasteiger charge is -2.24. The molecule has 5 nitrogen and oxygen atoms in total. The number of hydrogen-bond donors (Lipinski definition) is 2. The lowest BCUT2D eigenvalue weighted by molar-refractivity contribution is 0.0995. The molecule has 76 valence electrons. The number of hydrogen-bond acceptors (Lipinski definition) is 3. The van der Waals surface area contributed by atoms with Gasteiger partial charge >= 0.3 is 0 Å². The molecule has 1 aromatic heterocycles. The Labute approximate surface area is 82.1 Å². The molecule has 0 spiro atoms. The van der Waals surface area contributed by atoms with Crippen LogP contribution in [0.5, 0.6) is 0 Å². The van der Waals surface area contributed by atoms with Gasteiger partial charge in [-0.1, -0.05) is 6.42 Å². The summed E-state index contributed by atoms with van der Waals surface area (Å²) in [5, 5.41) is 4.05. The number of carbonyl (C=O) groups is 1. The maximum absolute atomic E-state index is 10.9. The Hall–Kier alpha value is -1.52. The number of carbonyl (C=O) groups excluding carboxylic acids is 1. The fourth-order valence-electron chi connectivity index (χ4n) is 1.66. The third kappa shape index (κ3) is 1.57. The van der Waals surface area contributed by atoms with E-state index in [1.165, 1.54) is 19.3 Å². The van der Waals surface area contributed by atoms with E-state index in [-0.39, 0.29) is 5.69 Å². The number of anilines is 1.